The molecule has 1 aliphatic rings. The van der Waals surface area contributed by atoms with Gasteiger partial charge in [0.1, 0.15) is 12.4 Å². The van der Waals surface area contributed by atoms with Crippen LogP contribution >= 0.6 is 0 Å². The van der Waals surface area contributed by atoms with E-state index in [1.54, 1.807) is 4.90 Å². The van der Waals surface area contributed by atoms with Crippen LogP contribution in [0.4, 0.5) is 0 Å². The highest BCUT2D eigenvalue weighted by Gasteiger charge is 2.31. The van der Waals surface area contributed by atoms with Gasteiger partial charge in [0.15, 0.2) is 0 Å². The standard InChI is InChI=1S/C15H22N2O2/c1-16(2)15(18)14-9-6-10-17(14)11-12-19-13-7-4-3-5-8-13/h3-5,7-8,14H,6,9-12H2,1-2H3. The lowest BCUT2D eigenvalue weighted by atomic mass is 10.2. The zero-order valence-corrected chi connectivity index (χ0v) is 11.7. The maximum absolute atomic E-state index is 12.0. The molecule has 0 spiro atoms. The van der Waals surface area contributed by atoms with Gasteiger partial charge in [0, 0.05) is 20.6 Å². The van der Waals surface area contributed by atoms with E-state index in [0.29, 0.717) is 6.61 Å². The smallest absolute Gasteiger partial charge is 0.239 e. The number of hydrogen-bond acceptors (Lipinski definition) is 3. The van der Waals surface area contributed by atoms with Crippen molar-refractivity contribution in [3.05, 3.63) is 30.3 Å². The lowest BCUT2D eigenvalue weighted by Gasteiger charge is -2.25. The Kier molecular flexibility index (Phi) is 4.80. The van der Waals surface area contributed by atoms with Gasteiger partial charge in [-0.2, -0.15) is 0 Å². The van der Waals surface area contributed by atoms with Crippen molar-refractivity contribution in [1.82, 2.24) is 9.80 Å². The first-order valence-corrected chi connectivity index (χ1v) is 6.81. The number of hydrogen-bond donors (Lipinski definition) is 0. The number of rotatable bonds is 5. The largest absolute Gasteiger partial charge is 0.492 e. The molecule has 1 heterocycles. The van der Waals surface area contributed by atoms with Gasteiger partial charge in [0.25, 0.3) is 0 Å². The highest BCUT2D eigenvalue weighted by molar-refractivity contribution is 5.81. The third-order valence-electron chi connectivity index (χ3n) is 3.48. The molecule has 1 fully saturated rings. The molecule has 0 N–H and O–H groups in total. The van der Waals surface area contributed by atoms with Crippen LogP contribution in [0.3, 0.4) is 0 Å². The molecule has 0 radical (unpaired) electrons. The lowest BCUT2D eigenvalue weighted by Crippen LogP contribution is -2.44. The van der Waals surface area contributed by atoms with Crippen LogP contribution in [-0.2, 0) is 4.79 Å². The monoisotopic (exact) mass is 262 g/mol. The van der Waals surface area contributed by atoms with Gasteiger partial charge in [-0.05, 0) is 31.5 Å². The van der Waals surface area contributed by atoms with Crippen molar-refractivity contribution in [2.24, 2.45) is 0 Å². The van der Waals surface area contributed by atoms with Gasteiger partial charge in [0.05, 0.1) is 6.04 Å². The summed E-state index contributed by atoms with van der Waals surface area (Å²) in [6.07, 6.45) is 2.05. The Morgan fingerprint density at radius 3 is 2.79 bits per heavy atom. The first-order chi connectivity index (χ1) is 9.18. The van der Waals surface area contributed by atoms with Gasteiger partial charge in [-0.1, -0.05) is 18.2 Å². The third-order valence-corrected chi connectivity index (χ3v) is 3.48. The van der Waals surface area contributed by atoms with Crippen molar-refractivity contribution in [2.45, 2.75) is 18.9 Å². The van der Waals surface area contributed by atoms with Crippen LogP contribution in [0.2, 0.25) is 0 Å². The van der Waals surface area contributed by atoms with Crippen molar-refractivity contribution < 1.29 is 9.53 Å². The Balaban J connectivity index is 1.80. The topological polar surface area (TPSA) is 32.8 Å². The molecule has 104 valence electrons. The number of nitrogens with zero attached hydrogens (tertiary/aromatic N) is 2. The average Bonchev–Trinajstić information content (AvgIpc) is 2.87. The fourth-order valence-corrected chi connectivity index (χ4v) is 2.47. The Bertz CT molecular complexity index is 406. The van der Waals surface area contributed by atoms with Crippen molar-refractivity contribution in [1.29, 1.82) is 0 Å². The average molecular weight is 262 g/mol. The Morgan fingerprint density at radius 2 is 2.11 bits per heavy atom. The van der Waals surface area contributed by atoms with Crippen LogP contribution in [0, 0.1) is 0 Å². The predicted octanol–water partition coefficient (Wildman–Crippen LogP) is 1.62. The van der Waals surface area contributed by atoms with Crippen molar-refractivity contribution in [3.8, 4) is 5.75 Å². The number of amides is 1. The molecule has 1 aromatic carbocycles. The number of ether oxygens (including phenoxy) is 1. The molecule has 1 aromatic rings. The molecule has 1 saturated heterocycles. The molecule has 0 aliphatic carbocycles. The second kappa shape index (κ2) is 6.57. The molecule has 0 aromatic heterocycles. The first kappa shape index (κ1) is 13.9. The molecule has 0 bridgehead atoms. The predicted molar refractivity (Wildman–Crippen MR) is 75.2 cm³/mol. The second-order valence-corrected chi connectivity index (χ2v) is 5.09. The number of benzene rings is 1. The summed E-state index contributed by atoms with van der Waals surface area (Å²) in [5, 5.41) is 0. The highest BCUT2D eigenvalue weighted by atomic mass is 16.5. The van der Waals surface area contributed by atoms with Crippen LogP contribution < -0.4 is 4.74 Å². The third kappa shape index (κ3) is 3.70. The molecule has 1 unspecified atom stereocenters. The van der Waals surface area contributed by atoms with Gasteiger partial charge in [-0.3, -0.25) is 9.69 Å². The number of para-hydroxylation sites is 1. The molecular weight excluding hydrogens is 240 g/mol. The quantitative estimate of drug-likeness (QED) is 0.808. The van der Waals surface area contributed by atoms with E-state index in [4.69, 9.17) is 4.74 Å². The fraction of sp³-hybridized carbons (Fsp3) is 0.533. The molecule has 4 heteroatoms. The van der Waals surface area contributed by atoms with Crippen LogP contribution in [-0.4, -0.2) is 55.5 Å². The van der Waals surface area contributed by atoms with Gasteiger partial charge in [0.2, 0.25) is 5.91 Å². The normalized spacial score (nSPS) is 19.4. The Hall–Kier alpha value is -1.55. The number of carbonyl (C=O) groups is 1. The van der Waals surface area contributed by atoms with Crippen molar-refractivity contribution in [3.63, 3.8) is 0 Å². The Labute approximate surface area is 115 Å². The molecule has 1 atom stereocenters. The fourth-order valence-electron chi connectivity index (χ4n) is 2.47. The minimum absolute atomic E-state index is 0.0365. The molecule has 1 aliphatic heterocycles. The summed E-state index contributed by atoms with van der Waals surface area (Å²) in [7, 11) is 3.64. The summed E-state index contributed by atoms with van der Waals surface area (Å²) in [5.41, 5.74) is 0. The number of carbonyl (C=O) groups excluding carboxylic acids is 1. The zero-order chi connectivity index (χ0) is 13.7. The van der Waals surface area contributed by atoms with E-state index in [1.165, 1.54) is 0 Å². The summed E-state index contributed by atoms with van der Waals surface area (Å²) in [6.45, 7) is 2.42. The van der Waals surface area contributed by atoms with Crippen molar-refractivity contribution in [2.75, 3.05) is 33.8 Å². The molecule has 19 heavy (non-hydrogen) atoms. The molecule has 2 rings (SSSR count). The van der Waals surface area contributed by atoms with Gasteiger partial charge < -0.3 is 9.64 Å². The van der Waals surface area contributed by atoms with Gasteiger partial charge in [-0.25, -0.2) is 0 Å². The maximum atomic E-state index is 12.0. The van der Waals surface area contributed by atoms with E-state index in [0.717, 1.165) is 31.7 Å². The SMILES string of the molecule is CN(C)C(=O)C1CCCN1CCOc1ccccc1. The molecule has 1 amide bonds. The zero-order valence-electron chi connectivity index (χ0n) is 11.7. The number of likely N-dealkylation sites (tertiary alicyclic amines) is 1. The summed E-state index contributed by atoms with van der Waals surface area (Å²) in [6, 6.07) is 9.83. The molecule has 4 nitrogen and oxygen atoms in total. The minimum Gasteiger partial charge on any atom is -0.492 e. The van der Waals surface area contributed by atoms with Crippen LogP contribution in [0.5, 0.6) is 5.75 Å². The maximum Gasteiger partial charge on any atom is 0.239 e. The summed E-state index contributed by atoms with van der Waals surface area (Å²) in [4.78, 5) is 15.9. The van der Waals surface area contributed by atoms with E-state index >= 15 is 0 Å². The molecule has 0 saturated carbocycles. The van der Waals surface area contributed by atoms with E-state index < -0.39 is 0 Å². The highest BCUT2D eigenvalue weighted by Crippen LogP contribution is 2.18. The Morgan fingerprint density at radius 1 is 1.37 bits per heavy atom. The van der Waals surface area contributed by atoms with Gasteiger partial charge in [-0.15, -0.1) is 0 Å². The second-order valence-electron chi connectivity index (χ2n) is 5.09. The van der Waals surface area contributed by atoms with Crippen molar-refractivity contribution >= 4 is 5.91 Å². The van der Waals surface area contributed by atoms with Gasteiger partial charge >= 0.3 is 0 Å². The van der Waals surface area contributed by atoms with Crippen LogP contribution in [0.1, 0.15) is 12.8 Å². The lowest BCUT2D eigenvalue weighted by molar-refractivity contribution is -0.133. The number of likely N-dealkylation sites (N-methyl/N-ethyl adjacent to an activating group) is 1. The van der Waals surface area contributed by atoms with E-state index in [9.17, 15) is 4.79 Å². The summed E-state index contributed by atoms with van der Waals surface area (Å²) < 4.78 is 5.69. The minimum atomic E-state index is 0.0365. The summed E-state index contributed by atoms with van der Waals surface area (Å²) >= 11 is 0. The van der Waals surface area contributed by atoms with E-state index in [-0.39, 0.29) is 11.9 Å². The summed E-state index contributed by atoms with van der Waals surface area (Å²) in [5.74, 6) is 1.09. The van der Waals surface area contributed by atoms with E-state index in [1.807, 2.05) is 44.4 Å². The van der Waals surface area contributed by atoms with Crippen LogP contribution in [0.15, 0.2) is 30.3 Å². The van der Waals surface area contributed by atoms with E-state index in [2.05, 4.69) is 4.90 Å². The molecular formula is C15H22N2O2. The van der Waals surface area contributed by atoms with Crippen LogP contribution in [0.25, 0.3) is 0 Å². The first-order valence-electron chi connectivity index (χ1n) is 6.81.